The lowest BCUT2D eigenvalue weighted by atomic mass is 10.4. The molecule has 1 atom stereocenters. The highest BCUT2D eigenvalue weighted by atomic mass is 31.2. The summed E-state index contributed by atoms with van der Waals surface area (Å²) in [6.45, 7) is 10.6. The predicted molar refractivity (Wildman–Crippen MR) is 89.9 cm³/mol. The van der Waals surface area contributed by atoms with Gasteiger partial charge in [0.2, 0.25) is 7.37 Å². The number of aliphatic hydroxyl groups is 1. The SMILES string of the molecule is CC(C)OP(=O)(CCCCO)CP(=O)(OC(C)C)OC(C)C. The Hall–Kier alpha value is 0.300. The van der Waals surface area contributed by atoms with Crippen LogP contribution in [0.25, 0.3) is 0 Å². The summed E-state index contributed by atoms with van der Waals surface area (Å²) in [5.41, 5.74) is 0. The Morgan fingerprint density at radius 1 is 0.818 bits per heavy atom. The molecule has 0 heterocycles. The third-order valence-corrected chi connectivity index (χ3v) is 8.84. The second-order valence-corrected chi connectivity index (χ2v) is 11.2. The Kier molecular flexibility index (Phi) is 10.4. The van der Waals surface area contributed by atoms with Crippen LogP contribution in [-0.4, -0.2) is 42.1 Å². The van der Waals surface area contributed by atoms with Crippen LogP contribution in [0.15, 0.2) is 0 Å². The van der Waals surface area contributed by atoms with Crippen LogP contribution >= 0.6 is 15.0 Å². The van der Waals surface area contributed by atoms with Crippen LogP contribution in [-0.2, 0) is 22.7 Å². The van der Waals surface area contributed by atoms with Crippen molar-refractivity contribution >= 4 is 15.0 Å². The van der Waals surface area contributed by atoms with Gasteiger partial charge in [0.15, 0.2) is 0 Å². The van der Waals surface area contributed by atoms with Crippen LogP contribution in [0.3, 0.4) is 0 Å². The van der Waals surface area contributed by atoms with Crippen LogP contribution < -0.4 is 0 Å². The molecule has 0 spiro atoms. The quantitative estimate of drug-likeness (QED) is 0.410. The van der Waals surface area contributed by atoms with Gasteiger partial charge in [-0.3, -0.25) is 9.13 Å². The summed E-state index contributed by atoms with van der Waals surface area (Å²) in [5.74, 6) is -0.222. The molecule has 1 N–H and O–H groups in total. The van der Waals surface area contributed by atoms with Gasteiger partial charge in [-0.2, -0.15) is 0 Å². The van der Waals surface area contributed by atoms with Gasteiger partial charge in [0.05, 0.1) is 18.3 Å². The Balaban J connectivity index is 5.16. The van der Waals surface area contributed by atoms with E-state index in [9.17, 15) is 9.13 Å². The van der Waals surface area contributed by atoms with Gasteiger partial charge in [0.25, 0.3) is 0 Å². The summed E-state index contributed by atoms with van der Waals surface area (Å²) >= 11 is 0. The molecule has 0 rings (SSSR count). The molecule has 0 aliphatic heterocycles. The molecule has 0 radical (unpaired) electrons. The second-order valence-electron chi connectivity index (χ2n) is 6.18. The molecule has 0 amide bonds. The first-order valence-corrected chi connectivity index (χ1v) is 11.6. The molecule has 134 valence electrons. The molecule has 0 aliphatic carbocycles. The normalized spacial score (nSPS) is 15.7. The molecule has 0 fully saturated rings. The second kappa shape index (κ2) is 10.2. The summed E-state index contributed by atoms with van der Waals surface area (Å²) in [4.78, 5) is 0. The van der Waals surface area contributed by atoms with Crippen LogP contribution in [0.5, 0.6) is 0 Å². The first kappa shape index (κ1) is 22.3. The fourth-order valence-electron chi connectivity index (χ4n) is 2.00. The van der Waals surface area contributed by atoms with Gasteiger partial charge in [-0.15, -0.1) is 0 Å². The standard InChI is InChI=1S/C14H32O6P2/c1-12(2)18-21(16,10-8-7-9-15)11-22(17,19-13(3)4)20-14(5)6/h12-15H,7-11H2,1-6H3. The molecular weight excluding hydrogens is 326 g/mol. The monoisotopic (exact) mass is 358 g/mol. The van der Waals surface area contributed by atoms with E-state index < -0.39 is 15.0 Å². The zero-order valence-corrected chi connectivity index (χ0v) is 16.4. The van der Waals surface area contributed by atoms with Crippen molar-refractivity contribution in [3.05, 3.63) is 0 Å². The van der Waals surface area contributed by atoms with Gasteiger partial charge in [0.1, 0.15) is 5.90 Å². The first-order valence-electron chi connectivity index (χ1n) is 7.85. The molecule has 0 bridgehead atoms. The van der Waals surface area contributed by atoms with Crippen molar-refractivity contribution in [2.45, 2.75) is 72.7 Å². The number of hydrogen-bond donors (Lipinski definition) is 1. The van der Waals surface area contributed by atoms with Crippen LogP contribution in [0.4, 0.5) is 0 Å². The number of rotatable bonds is 12. The molecule has 6 nitrogen and oxygen atoms in total. The average molecular weight is 358 g/mol. The van der Waals surface area contributed by atoms with Crippen molar-refractivity contribution < 1.29 is 27.8 Å². The molecular formula is C14H32O6P2. The lowest BCUT2D eigenvalue weighted by molar-refractivity contribution is 0.144. The largest absolute Gasteiger partial charge is 0.396 e. The molecule has 0 aromatic carbocycles. The van der Waals surface area contributed by atoms with Crippen LogP contribution in [0, 0.1) is 0 Å². The Labute approximate surface area is 134 Å². The van der Waals surface area contributed by atoms with Gasteiger partial charge in [-0.25, -0.2) is 0 Å². The van der Waals surface area contributed by atoms with E-state index >= 15 is 0 Å². The number of unbranched alkanes of at least 4 members (excludes halogenated alkanes) is 1. The predicted octanol–water partition coefficient (Wildman–Crippen LogP) is 4.46. The maximum atomic E-state index is 13.0. The van der Waals surface area contributed by atoms with E-state index in [0.717, 1.165) is 0 Å². The molecule has 0 aromatic heterocycles. The van der Waals surface area contributed by atoms with Crippen LogP contribution in [0.2, 0.25) is 0 Å². The maximum Gasteiger partial charge on any atom is 0.340 e. The van der Waals surface area contributed by atoms with Crippen LogP contribution in [0.1, 0.15) is 54.4 Å². The van der Waals surface area contributed by atoms with E-state index in [-0.39, 0.29) is 37.0 Å². The topological polar surface area (TPSA) is 82.1 Å². The van der Waals surface area contributed by atoms with Crippen molar-refractivity contribution in [3.63, 3.8) is 0 Å². The van der Waals surface area contributed by atoms with Crippen molar-refractivity contribution in [3.8, 4) is 0 Å². The first-order chi connectivity index (χ1) is 10.0. The minimum absolute atomic E-state index is 0.0321. The van der Waals surface area contributed by atoms with E-state index in [4.69, 9.17) is 18.7 Å². The van der Waals surface area contributed by atoms with E-state index in [1.165, 1.54) is 0 Å². The smallest absolute Gasteiger partial charge is 0.340 e. The molecule has 0 saturated heterocycles. The lowest BCUT2D eigenvalue weighted by Crippen LogP contribution is -2.14. The van der Waals surface area contributed by atoms with Crippen molar-refractivity contribution in [1.82, 2.24) is 0 Å². The molecule has 0 aliphatic rings. The third-order valence-electron chi connectivity index (χ3n) is 2.44. The van der Waals surface area contributed by atoms with Gasteiger partial charge < -0.3 is 18.7 Å². The summed E-state index contributed by atoms with van der Waals surface area (Å²) in [5, 5.41) is 8.88. The highest BCUT2D eigenvalue weighted by Gasteiger charge is 2.39. The van der Waals surface area contributed by atoms with Gasteiger partial charge in [-0.05, 0) is 54.4 Å². The molecule has 1 unspecified atom stereocenters. The van der Waals surface area contributed by atoms with Crippen molar-refractivity contribution in [2.75, 3.05) is 18.7 Å². The molecule has 0 aromatic rings. The summed E-state index contributed by atoms with van der Waals surface area (Å²) < 4.78 is 42.5. The number of aliphatic hydroxyl groups excluding tert-OH is 1. The Bertz CT molecular complexity index is 381. The zero-order chi connectivity index (χ0) is 17.4. The fraction of sp³-hybridized carbons (Fsp3) is 1.00. The van der Waals surface area contributed by atoms with E-state index in [2.05, 4.69) is 0 Å². The highest BCUT2D eigenvalue weighted by molar-refractivity contribution is 7.74. The third kappa shape index (κ3) is 10.1. The van der Waals surface area contributed by atoms with Crippen molar-refractivity contribution in [2.24, 2.45) is 0 Å². The van der Waals surface area contributed by atoms with Gasteiger partial charge in [-0.1, -0.05) is 0 Å². The summed E-state index contributed by atoms with van der Waals surface area (Å²) in [6, 6.07) is 0. The fourth-order valence-corrected chi connectivity index (χ4v) is 8.39. The number of hydrogen-bond acceptors (Lipinski definition) is 6. The lowest BCUT2D eigenvalue weighted by Gasteiger charge is -2.28. The maximum absolute atomic E-state index is 13.0. The minimum Gasteiger partial charge on any atom is -0.396 e. The summed E-state index contributed by atoms with van der Waals surface area (Å²) in [7, 11) is -6.67. The average Bonchev–Trinajstić information content (AvgIpc) is 2.23. The zero-order valence-electron chi connectivity index (χ0n) is 14.7. The van der Waals surface area contributed by atoms with E-state index in [0.29, 0.717) is 12.8 Å². The Morgan fingerprint density at radius 2 is 1.27 bits per heavy atom. The molecule has 22 heavy (non-hydrogen) atoms. The molecule has 0 saturated carbocycles. The van der Waals surface area contributed by atoms with Gasteiger partial charge >= 0.3 is 7.60 Å². The van der Waals surface area contributed by atoms with E-state index in [1.807, 2.05) is 0 Å². The van der Waals surface area contributed by atoms with E-state index in [1.54, 1.807) is 41.5 Å². The Morgan fingerprint density at radius 3 is 1.64 bits per heavy atom. The highest BCUT2D eigenvalue weighted by Crippen LogP contribution is 2.65. The minimum atomic E-state index is -3.51. The molecule has 8 heteroatoms. The van der Waals surface area contributed by atoms with Crippen molar-refractivity contribution in [1.29, 1.82) is 0 Å². The van der Waals surface area contributed by atoms with Gasteiger partial charge in [0, 0.05) is 12.8 Å². The summed E-state index contributed by atoms with van der Waals surface area (Å²) in [6.07, 6.45) is 0.504.